The molecule has 0 radical (unpaired) electrons. The Bertz CT molecular complexity index is 516. The quantitative estimate of drug-likeness (QED) is 0.411. The van der Waals surface area contributed by atoms with E-state index in [1.165, 1.54) is 44.1 Å². The van der Waals surface area contributed by atoms with Crippen LogP contribution >= 0.6 is 0 Å². The minimum atomic E-state index is 0.846. The summed E-state index contributed by atoms with van der Waals surface area (Å²) in [5, 5.41) is 12.9. The average Bonchev–Trinajstić information content (AvgIpc) is 2.43. The number of unbranched alkanes of at least 4 members (excludes halogenated alkanes) is 5. The van der Waals surface area contributed by atoms with Crippen LogP contribution in [0.3, 0.4) is 0 Å². The molecule has 1 aromatic heterocycles. The maximum Gasteiger partial charge on any atom is 0.226 e. The molecule has 2 rings (SSSR count). The van der Waals surface area contributed by atoms with Crippen LogP contribution in [-0.2, 0) is 6.42 Å². The van der Waals surface area contributed by atoms with Crippen LogP contribution in [-0.4, -0.2) is 0 Å². The third-order valence-corrected chi connectivity index (χ3v) is 3.67. The topological polar surface area (TPSA) is 26.9 Å². The highest BCUT2D eigenvalue weighted by atomic mass is 16.5. The van der Waals surface area contributed by atoms with Gasteiger partial charge in [0.1, 0.15) is 0 Å². The second-order valence-electron chi connectivity index (χ2n) is 5.21. The van der Waals surface area contributed by atoms with Crippen molar-refractivity contribution in [1.29, 1.82) is 0 Å². The van der Waals surface area contributed by atoms with Crippen LogP contribution in [0.5, 0.6) is 0 Å². The summed E-state index contributed by atoms with van der Waals surface area (Å²) in [5.41, 5.74) is 2.03. The molecule has 19 heavy (non-hydrogen) atoms. The largest absolute Gasteiger partial charge is 0.618 e. The third kappa shape index (κ3) is 3.69. The summed E-state index contributed by atoms with van der Waals surface area (Å²) in [6.07, 6.45) is 10.3. The van der Waals surface area contributed by atoms with Gasteiger partial charge in [-0.1, -0.05) is 51.2 Å². The van der Waals surface area contributed by atoms with Gasteiger partial charge in [0.2, 0.25) is 5.52 Å². The highest BCUT2D eigenvalue weighted by Crippen LogP contribution is 2.17. The van der Waals surface area contributed by atoms with Crippen LogP contribution in [0.1, 0.15) is 51.0 Å². The lowest BCUT2D eigenvalue weighted by Gasteiger charge is -2.07. The molecule has 1 aromatic carbocycles. The van der Waals surface area contributed by atoms with E-state index in [0.717, 1.165) is 22.1 Å². The number of para-hydroxylation sites is 1. The predicted octanol–water partition coefficient (Wildman–Crippen LogP) is 4.38. The summed E-state index contributed by atoms with van der Waals surface area (Å²) < 4.78 is 1.00. The lowest BCUT2D eigenvalue weighted by molar-refractivity contribution is -0.577. The molecule has 0 saturated heterocycles. The van der Waals surface area contributed by atoms with E-state index >= 15 is 0 Å². The van der Waals surface area contributed by atoms with Gasteiger partial charge in [0.25, 0.3) is 0 Å². The average molecular weight is 257 g/mol. The highest BCUT2D eigenvalue weighted by molar-refractivity contribution is 5.78. The van der Waals surface area contributed by atoms with Crippen LogP contribution in [0.2, 0.25) is 0 Å². The third-order valence-electron chi connectivity index (χ3n) is 3.67. The van der Waals surface area contributed by atoms with Crippen molar-refractivity contribution in [3.8, 4) is 0 Å². The van der Waals surface area contributed by atoms with Gasteiger partial charge >= 0.3 is 0 Å². The number of fused-ring (bicyclic) bond motifs is 1. The van der Waals surface area contributed by atoms with Crippen molar-refractivity contribution in [2.75, 3.05) is 0 Å². The Labute approximate surface area is 115 Å². The van der Waals surface area contributed by atoms with Crippen LogP contribution in [0, 0.1) is 5.21 Å². The molecule has 0 saturated carbocycles. The van der Waals surface area contributed by atoms with E-state index in [9.17, 15) is 5.21 Å². The van der Waals surface area contributed by atoms with Crippen molar-refractivity contribution in [2.45, 2.75) is 51.9 Å². The molecule has 0 N–H and O–H groups in total. The number of benzene rings is 1. The Hall–Kier alpha value is -1.57. The molecule has 0 fully saturated rings. The van der Waals surface area contributed by atoms with Crippen LogP contribution in [0.25, 0.3) is 10.9 Å². The first-order valence-electron chi connectivity index (χ1n) is 7.42. The molecule has 0 atom stereocenters. The van der Waals surface area contributed by atoms with Gasteiger partial charge in [-0.25, -0.2) is 0 Å². The fourth-order valence-electron chi connectivity index (χ4n) is 2.61. The van der Waals surface area contributed by atoms with E-state index < -0.39 is 0 Å². The van der Waals surface area contributed by atoms with Crippen molar-refractivity contribution in [3.63, 3.8) is 0 Å². The fourth-order valence-corrected chi connectivity index (χ4v) is 2.61. The maximum atomic E-state index is 11.9. The smallest absolute Gasteiger partial charge is 0.226 e. The zero-order valence-electron chi connectivity index (χ0n) is 11.8. The molecule has 0 bridgehead atoms. The molecule has 102 valence electrons. The summed E-state index contributed by atoms with van der Waals surface area (Å²) in [7, 11) is 0. The number of rotatable bonds is 7. The van der Waals surface area contributed by atoms with Crippen LogP contribution < -0.4 is 4.73 Å². The molecule has 0 unspecified atom stereocenters. The van der Waals surface area contributed by atoms with Gasteiger partial charge < -0.3 is 5.21 Å². The van der Waals surface area contributed by atoms with Gasteiger partial charge in [-0.15, -0.1) is 0 Å². The van der Waals surface area contributed by atoms with Crippen molar-refractivity contribution in [3.05, 3.63) is 47.3 Å². The van der Waals surface area contributed by atoms with Gasteiger partial charge in [0, 0.05) is 17.0 Å². The SMILES string of the molecule is CCCCCCCCc1cccc2ccc[n+]([O-])c12. The van der Waals surface area contributed by atoms with Crippen molar-refractivity contribution in [2.24, 2.45) is 0 Å². The molecule has 1 heterocycles. The van der Waals surface area contributed by atoms with Gasteiger partial charge in [-0.05, 0) is 25.0 Å². The van der Waals surface area contributed by atoms with Crippen LogP contribution in [0.15, 0.2) is 36.5 Å². The zero-order chi connectivity index (χ0) is 13.5. The van der Waals surface area contributed by atoms with Crippen LogP contribution in [0.4, 0.5) is 0 Å². The number of hydrogen-bond acceptors (Lipinski definition) is 1. The Morgan fingerprint density at radius 1 is 0.947 bits per heavy atom. The van der Waals surface area contributed by atoms with Gasteiger partial charge in [0.05, 0.1) is 0 Å². The molecular weight excluding hydrogens is 234 g/mol. The molecule has 2 aromatic rings. The molecule has 2 nitrogen and oxygen atoms in total. The van der Waals surface area contributed by atoms with Crippen molar-refractivity contribution < 1.29 is 4.73 Å². The zero-order valence-corrected chi connectivity index (χ0v) is 11.8. The number of nitrogens with zero attached hydrogens (tertiary/aromatic N) is 1. The maximum absolute atomic E-state index is 11.9. The first kappa shape index (κ1) is 13.9. The molecule has 0 aliphatic heterocycles. The first-order chi connectivity index (χ1) is 9.33. The molecule has 2 heteroatoms. The summed E-state index contributed by atoms with van der Waals surface area (Å²) in [4.78, 5) is 0. The number of hydrogen-bond donors (Lipinski definition) is 0. The summed E-state index contributed by atoms with van der Waals surface area (Å²) in [6.45, 7) is 2.24. The number of aromatic nitrogens is 1. The Balaban J connectivity index is 1.97. The molecule has 0 spiro atoms. The summed E-state index contributed by atoms with van der Waals surface area (Å²) in [5.74, 6) is 0. The Morgan fingerprint density at radius 2 is 1.68 bits per heavy atom. The minimum Gasteiger partial charge on any atom is -0.618 e. The Morgan fingerprint density at radius 3 is 2.53 bits per heavy atom. The van der Waals surface area contributed by atoms with Crippen molar-refractivity contribution in [1.82, 2.24) is 0 Å². The predicted molar refractivity (Wildman–Crippen MR) is 80.0 cm³/mol. The number of pyridine rings is 1. The van der Waals surface area contributed by atoms with Gasteiger partial charge in [-0.2, -0.15) is 4.73 Å². The molecule has 0 amide bonds. The molecular formula is C17H23NO. The summed E-state index contributed by atoms with van der Waals surface area (Å²) >= 11 is 0. The lowest BCUT2D eigenvalue weighted by Crippen LogP contribution is -2.27. The minimum absolute atomic E-state index is 0.846. The number of aryl methyl sites for hydroxylation is 1. The van der Waals surface area contributed by atoms with E-state index in [2.05, 4.69) is 19.1 Å². The molecule has 0 aliphatic carbocycles. The van der Waals surface area contributed by atoms with Gasteiger partial charge in [0.15, 0.2) is 6.20 Å². The molecule has 0 aliphatic rings. The summed E-state index contributed by atoms with van der Waals surface area (Å²) in [6, 6.07) is 9.96. The van der Waals surface area contributed by atoms with Crippen molar-refractivity contribution >= 4 is 10.9 Å². The second kappa shape index (κ2) is 7.13. The van der Waals surface area contributed by atoms with Gasteiger partial charge in [-0.3, -0.25) is 0 Å². The van der Waals surface area contributed by atoms with E-state index in [1.807, 2.05) is 18.2 Å². The Kier molecular flexibility index (Phi) is 5.20. The fraction of sp³-hybridized carbons (Fsp3) is 0.471. The lowest BCUT2D eigenvalue weighted by atomic mass is 10.0. The first-order valence-corrected chi connectivity index (χ1v) is 7.42. The normalized spacial score (nSPS) is 11.0. The van der Waals surface area contributed by atoms with E-state index in [4.69, 9.17) is 0 Å². The monoisotopic (exact) mass is 257 g/mol. The van der Waals surface area contributed by atoms with E-state index in [0.29, 0.717) is 0 Å². The standard InChI is InChI=1S/C17H23NO/c1-2-3-4-5-6-7-10-15-11-8-12-16-13-9-14-18(19)17(15)16/h8-9,11-14H,2-7,10H2,1H3. The second-order valence-corrected chi connectivity index (χ2v) is 5.21. The highest BCUT2D eigenvalue weighted by Gasteiger charge is 2.08. The van der Waals surface area contributed by atoms with E-state index in [-0.39, 0.29) is 0 Å². The van der Waals surface area contributed by atoms with E-state index in [1.54, 1.807) is 6.20 Å².